The van der Waals surface area contributed by atoms with Crippen LogP contribution in [0.3, 0.4) is 0 Å². The third kappa shape index (κ3) is 2.86. The largest absolute Gasteiger partial charge is 0.367 e. The zero-order chi connectivity index (χ0) is 14.0. The first kappa shape index (κ1) is 13.8. The molecule has 0 radical (unpaired) electrons. The Morgan fingerprint density at radius 2 is 1.74 bits per heavy atom. The molecule has 4 heteroatoms. The molecule has 0 spiro atoms. The number of halogens is 2. The molecule has 0 unspecified atom stereocenters. The molecule has 0 bridgehead atoms. The fourth-order valence-corrected chi connectivity index (χ4v) is 2.72. The summed E-state index contributed by atoms with van der Waals surface area (Å²) in [7, 11) is 0. The zero-order valence-electron chi connectivity index (χ0n) is 11.3. The lowest BCUT2D eigenvalue weighted by atomic mass is 9.86. The molecule has 2 rings (SSSR count). The van der Waals surface area contributed by atoms with Crippen LogP contribution >= 0.6 is 0 Å². The van der Waals surface area contributed by atoms with Crippen LogP contribution in [-0.2, 0) is 0 Å². The van der Waals surface area contributed by atoms with Gasteiger partial charge in [-0.1, -0.05) is 13.8 Å². The van der Waals surface area contributed by atoms with Crippen molar-refractivity contribution in [2.24, 2.45) is 11.8 Å². The standard InChI is InChI=1S/C15H18F2N2/c1-10(2)12-3-5-19(6-4-12)15-13(16)7-11(9-18)8-14(15)17/h7-8,10,12H,3-6H2,1-2H3. The minimum atomic E-state index is -0.639. The van der Waals surface area contributed by atoms with Crippen LogP contribution in [-0.4, -0.2) is 13.1 Å². The van der Waals surface area contributed by atoms with E-state index in [9.17, 15) is 8.78 Å². The van der Waals surface area contributed by atoms with Crippen LogP contribution in [0, 0.1) is 34.8 Å². The van der Waals surface area contributed by atoms with Crippen LogP contribution in [0.1, 0.15) is 32.3 Å². The molecule has 19 heavy (non-hydrogen) atoms. The van der Waals surface area contributed by atoms with Gasteiger partial charge in [-0.25, -0.2) is 8.78 Å². The average molecular weight is 264 g/mol. The number of rotatable bonds is 2. The van der Waals surface area contributed by atoms with E-state index in [1.54, 1.807) is 11.0 Å². The van der Waals surface area contributed by atoms with Gasteiger partial charge < -0.3 is 4.90 Å². The van der Waals surface area contributed by atoms with Crippen LogP contribution < -0.4 is 4.90 Å². The summed E-state index contributed by atoms with van der Waals surface area (Å²) in [6.45, 7) is 5.71. The SMILES string of the molecule is CC(C)C1CCN(c2c(F)cc(C#N)cc2F)CC1. The van der Waals surface area contributed by atoms with E-state index in [0.29, 0.717) is 24.9 Å². The first-order valence-electron chi connectivity index (χ1n) is 6.67. The molecule has 1 aromatic rings. The Kier molecular flexibility index (Phi) is 4.04. The summed E-state index contributed by atoms with van der Waals surface area (Å²) < 4.78 is 27.8. The van der Waals surface area contributed by atoms with Crippen LogP contribution in [0.15, 0.2) is 12.1 Å². The molecule has 0 atom stereocenters. The summed E-state index contributed by atoms with van der Waals surface area (Å²) in [6.07, 6.45) is 1.91. The third-order valence-corrected chi connectivity index (χ3v) is 3.94. The zero-order valence-corrected chi connectivity index (χ0v) is 11.3. The highest BCUT2D eigenvalue weighted by Crippen LogP contribution is 2.31. The molecule has 1 heterocycles. The quantitative estimate of drug-likeness (QED) is 0.814. The molecule has 1 aliphatic heterocycles. The molecule has 0 aromatic heterocycles. The van der Waals surface area contributed by atoms with Gasteiger partial charge in [-0.2, -0.15) is 5.26 Å². The van der Waals surface area contributed by atoms with Gasteiger partial charge in [0.2, 0.25) is 0 Å². The highest BCUT2D eigenvalue weighted by Gasteiger charge is 2.25. The average Bonchev–Trinajstić information content (AvgIpc) is 2.38. The van der Waals surface area contributed by atoms with E-state index in [0.717, 1.165) is 25.0 Å². The minimum absolute atomic E-state index is 0.0150. The Hall–Kier alpha value is -1.63. The van der Waals surface area contributed by atoms with Crippen LogP contribution in [0.25, 0.3) is 0 Å². The van der Waals surface area contributed by atoms with Crippen molar-refractivity contribution in [1.29, 1.82) is 5.26 Å². The topological polar surface area (TPSA) is 27.0 Å². The predicted octanol–water partition coefficient (Wildman–Crippen LogP) is 3.71. The first-order valence-corrected chi connectivity index (χ1v) is 6.67. The normalized spacial score (nSPS) is 16.7. The number of hydrogen-bond donors (Lipinski definition) is 0. The predicted molar refractivity (Wildman–Crippen MR) is 70.8 cm³/mol. The molecule has 1 saturated heterocycles. The fourth-order valence-electron chi connectivity index (χ4n) is 2.72. The number of benzene rings is 1. The number of hydrogen-bond acceptors (Lipinski definition) is 2. The maximum absolute atomic E-state index is 13.9. The molecule has 0 saturated carbocycles. The van der Waals surface area contributed by atoms with E-state index in [1.807, 2.05) is 0 Å². The van der Waals surface area contributed by atoms with E-state index in [2.05, 4.69) is 13.8 Å². The lowest BCUT2D eigenvalue weighted by molar-refractivity contribution is 0.309. The van der Waals surface area contributed by atoms with Crippen molar-refractivity contribution in [3.8, 4) is 6.07 Å². The molecule has 2 nitrogen and oxygen atoms in total. The monoisotopic (exact) mass is 264 g/mol. The molecule has 0 amide bonds. The molecule has 102 valence electrons. The fraction of sp³-hybridized carbons (Fsp3) is 0.533. The van der Waals surface area contributed by atoms with Gasteiger partial charge in [0.25, 0.3) is 0 Å². The number of nitrogens with zero attached hydrogens (tertiary/aromatic N) is 2. The van der Waals surface area contributed by atoms with Gasteiger partial charge >= 0.3 is 0 Å². The summed E-state index contributed by atoms with van der Waals surface area (Å²) in [5.74, 6) is -0.0438. The smallest absolute Gasteiger partial charge is 0.150 e. The second-order valence-electron chi connectivity index (χ2n) is 5.47. The van der Waals surface area contributed by atoms with Gasteiger partial charge in [-0.05, 0) is 36.8 Å². The van der Waals surface area contributed by atoms with E-state index in [-0.39, 0.29) is 11.3 Å². The summed E-state index contributed by atoms with van der Waals surface area (Å²) >= 11 is 0. The van der Waals surface area contributed by atoms with Crippen molar-refractivity contribution < 1.29 is 8.78 Å². The Labute approximate surface area is 112 Å². The Morgan fingerprint density at radius 1 is 1.21 bits per heavy atom. The number of nitriles is 1. The first-order chi connectivity index (χ1) is 9.02. The van der Waals surface area contributed by atoms with Crippen molar-refractivity contribution in [3.63, 3.8) is 0 Å². The van der Waals surface area contributed by atoms with Crippen molar-refractivity contribution in [2.75, 3.05) is 18.0 Å². The van der Waals surface area contributed by atoms with Gasteiger partial charge in [0.15, 0.2) is 11.6 Å². The Balaban J connectivity index is 2.18. The van der Waals surface area contributed by atoms with E-state index < -0.39 is 11.6 Å². The number of piperidine rings is 1. The maximum atomic E-state index is 13.9. The molecule has 0 N–H and O–H groups in total. The lowest BCUT2D eigenvalue weighted by Crippen LogP contribution is -2.36. The van der Waals surface area contributed by atoms with Gasteiger partial charge in [0.05, 0.1) is 11.6 Å². The Morgan fingerprint density at radius 3 is 2.16 bits per heavy atom. The Bertz CT molecular complexity index is 474. The van der Waals surface area contributed by atoms with E-state index in [4.69, 9.17) is 5.26 Å². The van der Waals surface area contributed by atoms with Crippen molar-refractivity contribution in [1.82, 2.24) is 0 Å². The molecule has 1 fully saturated rings. The number of anilines is 1. The highest BCUT2D eigenvalue weighted by molar-refractivity contribution is 5.52. The summed E-state index contributed by atoms with van der Waals surface area (Å²) in [6, 6.07) is 3.97. The lowest BCUT2D eigenvalue weighted by Gasteiger charge is -2.35. The maximum Gasteiger partial charge on any atom is 0.150 e. The molecule has 0 aliphatic carbocycles. The summed E-state index contributed by atoms with van der Waals surface area (Å²) in [5.41, 5.74) is 0.0389. The minimum Gasteiger partial charge on any atom is -0.367 e. The summed E-state index contributed by atoms with van der Waals surface area (Å²) in [4.78, 5) is 1.75. The second-order valence-corrected chi connectivity index (χ2v) is 5.47. The molecule has 1 aromatic carbocycles. The highest BCUT2D eigenvalue weighted by atomic mass is 19.1. The van der Waals surface area contributed by atoms with Gasteiger partial charge in [0.1, 0.15) is 5.69 Å². The third-order valence-electron chi connectivity index (χ3n) is 3.94. The van der Waals surface area contributed by atoms with E-state index >= 15 is 0 Å². The van der Waals surface area contributed by atoms with Crippen molar-refractivity contribution >= 4 is 5.69 Å². The van der Waals surface area contributed by atoms with Crippen molar-refractivity contribution in [3.05, 3.63) is 29.3 Å². The van der Waals surface area contributed by atoms with Crippen LogP contribution in [0.2, 0.25) is 0 Å². The van der Waals surface area contributed by atoms with Crippen molar-refractivity contribution in [2.45, 2.75) is 26.7 Å². The van der Waals surface area contributed by atoms with Crippen LogP contribution in [0.4, 0.5) is 14.5 Å². The summed E-state index contributed by atoms with van der Waals surface area (Å²) in [5, 5.41) is 8.69. The molecule has 1 aliphatic rings. The molecular formula is C15H18F2N2. The van der Waals surface area contributed by atoms with Gasteiger partial charge in [-0.3, -0.25) is 0 Å². The van der Waals surface area contributed by atoms with Gasteiger partial charge in [-0.15, -0.1) is 0 Å². The van der Waals surface area contributed by atoms with Crippen LogP contribution in [0.5, 0.6) is 0 Å². The van der Waals surface area contributed by atoms with Gasteiger partial charge in [0, 0.05) is 13.1 Å². The molecular weight excluding hydrogens is 246 g/mol. The second kappa shape index (κ2) is 5.56. The van der Waals surface area contributed by atoms with E-state index in [1.165, 1.54) is 0 Å².